The molecule has 6 rings (SSSR count). The van der Waals surface area contributed by atoms with Crippen molar-refractivity contribution in [3.05, 3.63) is 89.6 Å². The number of nitrogens with zero attached hydrogens (tertiary/aromatic N) is 1. The second-order valence-corrected chi connectivity index (χ2v) is 18.4. The first-order valence-electron chi connectivity index (χ1n) is 13.9. The van der Waals surface area contributed by atoms with Crippen molar-refractivity contribution in [2.24, 2.45) is 0 Å². The predicted molar refractivity (Wildman–Crippen MR) is 173 cm³/mol. The zero-order chi connectivity index (χ0) is 27.7. The van der Waals surface area contributed by atoms with Crippen molar-refractivity contribution in [1.82, 2.24) is 4.98 Å². The minimum absolute atomic E-state index is 0.0334. The fraction of sp³-hybridized carbons (Fsp3) is 0.286. The third kappa shape index (κ3) is 4.34. The highest BCUT2D eigenvalue weighted by Crippen LogP contribution is 2.38. The van der Waals surface area contributed by atoms with E-state index in [9.17, 15) is 0 Å². The minimum atomic E-state index is -2.10. The Kier molecular flexibility index (Phi) is 6.12. The van der Waals surface area contributed by atoms with Crippen molar-refractivity contribution in [3.8, 4) is 11.3 Å². The first-order valence-corrected chi connectivity index (χ1v) is 17.7. The summed E-state index contributed by atoms with van der Waals surface area (Å²) in [5, 5.41) is 6.24. The van der Waals surface area contributed by atoms with Crippen molar-refractivity contribution in [2.45, 2.75) is 66.0 Å². The molecule has 0 amide bonds. The van der Waals surface area contributed by atoms with Gasteiger partial charge in [0.1, 0.15) is 5.58 Å². The molecule has 0 spiro atoms. The number of pyridine rings is 1. The zero-order valence-electron chi connectivity index (χ0n) is 24.3. The Bertz CT molecular complexity index is 1870. The summed E-state index contributed by atoms with van der Waals surface area (Å²) in [7, 11) is -2.10. The average molecular weight is 548 g/mol. The largest absolute Gasteiger partial charge is 0.466 e. The number of hydrogen-bond donors (Lipinski definition) is 0. The van der Waals surface area contributed by atoms with Gasteiger partial charge in [-0.05, 0) is 81.4 Å². The third-order valence-corrected chi connectivity index (χ3v) is 14.1. The molecule has 0 radical (unpaired) electrons. The zero-order valence-corrected chi connectivity index (χ0v) is 26.1. The molecule has 0 atom stereocenters. The third-order valence-electron chi connectivity index (χ3n) is 8.19. The molecule has 0 aliphatic carbocycles. The van der Waals surface area contributed by atoms with E-state index in [0.717, 1.165) is 16.7 Å². The molecule has 0 saturated carbocycles. The lowest BCUT2D eigenvalue weighted by atomic mass is 9.82. The molecule has 0 unspecified atom stereocenters. The molecule has 0 saturated heterocycles. The minimum Gasteiger partial charge on any atom is -0.466 e. The van der Waals surface area contributed by atoms with Gasteiger partial charge in [-0.2, -0.15) is 0 Å². The summed E-state index contributed by atoms with van der Waals surface area (Å²) in [6.45, 7) is 18.5. The summed E-state index contributed by atoms with van der Waals surface area (Å²) >= 11 is 1.92. The van der Waals surface area contributed by atoms with E-state index in [4.69, 9.17) is 9.40 Å². The van der Waals surface area contributed by atoms with Crippen molar-refractivity contribution in [3.63, 3.8) is 0 Å². The van der Waals surface area contributed by atoms with Crippen LogP contribution in [0.3, 0.4) is 0 Å². The number of hydrogen-bond acceptors (Lipinski definition) is 3. The summed E-state index contributed by atoms with van der Waals surface area (Å²) in [6.07, 6.45) is 1.98. The molecule has 0 aliphatic heterocycles. The standard InChI is InChI=1S/C35H37NOSSi/c1-21(2)23-13-14-25-20-31(37-30(25)19-23)39(7,8)34-22(3)27-15-16-36-32(33(27)38-34)26-17-24-11-9-10-12-28(24)29(18-26)35(4,5)6/h9-21H,1-8H3. The number of fused-ring (bicyclic) bond motifs is 3. The van der Waals surface area contributed by atoms with Gasteiger partial charge in [-0.1, -0.05) is 84.1 Å². The smallest absolute Gasteiger partial charge is 0.169 e. The Labute approximate surface area is 236 Å². The van der Waals surface area contributed by atoms with E-state index < -0.39 is 8.07 Å². The van der Waals surface area contributed by atoms with Crippen molar-refractivity contribution < 1.29 is 4.42 Å². The molecule has 6 aromatic rings. The van der Waals surface area contributed by atoms with Crippen LogP contribution in [0, 0.1) is 6.92 Å². The lowest BCUT2D eigenvalue weighted by Gasteiger charge is -2.22. The highest BCUT2D eigenvalue weighted by Gasteiger charge is 2.35. The summed E-state index contributed by atoms with van der Waals surface area (Å²) in [6, 6.07) is 24.6. The maximum absolute atomic E-state index is 6.60. The summed E-state index contributed by atoms with van der Waals surface area (Å²) < 4.78 is 9.34. The molecule has 0 N–H and O–H groups in total. The number of benzene rings is 3. The van der Waals surface area contributed by atoms with Gasteiger partial charge in [0.2, 0.25) is 0 Å². The van der Waals surface area contributed by atoms with E-state index in [1.54, 1.807) is 0 Å². The molecule has 0 fully saturated rings. The number of aromatic nitrogens is 1. The van der Waals surface area contributed by atoms with Gasteiger partial charge in [-0.3, -0.25) is 4.98 Å². The molecule has 3 aromatic heterocycles. The molecule has 3 heterocycles. The first-order chi connectivity index (χ1) is 18.4. The molecular formula is C35H37NOSSi. The van der Waals surface area contributed by atoms with Crippen LogP contribution in [0.1, 0.15) is 57.2 Å². The fourth-order valence-electron chi connectivity index (χ4n) is 5.84. The van der Waals surface area contributed by atoms with Gasteiger partial charge < -0.3 is 4.42 Å². The van der Waals surface area contributed by atoms with E-state index in [2.05, 4.69) is 121 Å². The van der Waals surface area contributed by atoms with Crippen LogP contribution in [-0.4, -0.2) is 13.1 Å². The van der Waals surface area contributed by atoms with Crippen LogP contribution in [0.2, 0.25) is 13.1 Å². The van der Waals surface area contributed by atoms with Crippen LogP contribution in [0.4, 0.5) is 0 Å². The highest BCUT2D eigenvalue weighted by atomic mass is 32.1. The van der Waals surface area contributed by atoms with E-state index in [0.29, 0.717) is 5.92 Å². The van der Waals surface area contributed by atoms with Gasteiger partial charge >= 0.3 is 0 Å². The summed E-state index contributed by atoms with van der Waals surface area (Å²) in [5.41, 5.74) is 7.37. The van der Waals surface area contributed by atoms with Crippen LogP contribution in [0.5, 0.6) is 0 Å². The number of furan rings is 1. The topological polar surface area (TPSA) is 26.0 Å². The van der Waals surface area contributed by atoms with E-state index >= 15 is 0 Å². The summed E-state index contributed by atoms with van der Waals surface area (Å²) in [5.74, 6) is 0.484. The molecular weight excluding hydrogens is 511 g/mol. The number of thiophene rings is 1. The molecule has 4 heteroatoms. The van der Waals surface area contributed by atoms with Crippen LogP contribution >= 0.6 is 11.3 Å². The fourth-order valence-corrected chi connectivity index (χ4v) is 10.7. The SMILES string of the molecule is Cc1c([Si](C)(C)c2cc3ccc(C(C)C)cc3o2)sc2c(-c3cc(C(C)(C)C)c4ccccc4c3)nccc12. The van der Waals surface area contributed by atoms with Crippen LogP contribution < -0.4 is 9.88 Å². The normalized spacial score (nSPS) is 12.8. The summed E-state index contributed by atoms with van der Waals surface area (Å²) in [4.78, 5) is 4.98. The van der Waals surface area contributed by atoms with Gasteiger partial charge in [-0.25, -0.2) is 0 Å². The molecule has 0 aliphatic rings. The van der Waals surface area contributed by atoms with E-state index in [1.807, 2.05) is 17.5 Å². The maximum Gasteiger partial charge on any atom is 0.169 e. The van der Waals surface area contributed by atoms with Gasteiger partial charge in [0.25, 0.3) is 0 Å². The van der Waals surface area contributed by atoms with Gasteiger partial charge in [0.15, 0.2) is 8.07 Å². The van der Waals surface area contributed by atoms with Crippen molar-refractivity contribution in [1.29, 1.82) is 0 Å². The quantitative estimate of drug-likeness (QED) is 0.205. The number of aryl methyl sites for hydroxylation is 1. The van der Waals surface area contributed by atoms with Gasteiger partial charge in [-0.15, -0.1) is 11.3 Å². The van der Waals surface area contributed by atoms with Crippen LogP contribution in [0.25, 0.3) is 43.1 Å². The Balaban J connectivity index is 1.52. The lowest BCUT2D eigenvalue weighted by molar-refractivity contribution is 0.596. The molecule has 39 heavy (non-hydrogen) atoms. The highest BCUT2D eigenvalue weighted by molar-refractivity contribution is 7.34. The van der Waals surface area contributed by atoms with Gasteiger partial charge in [0.05, 0.1) is 15.8 Å². The average Bonchev–Trinajstić information content (AvgIpc) is 3.49. The number of rotatable bonds is 4. The van der Waals surface area contributed by atoms with E-state index in [1.165, 1.54) is 53.0 Å². The lowest BCUT2D eigenvalue weighted by Crippen LogP contribution is -2.51. The van der Waals surface area contributed by atoms with Crippen LogP contribution in [0.15, 0.2) is 77.3 Å². The Morgan fingerprint density at radius 3 is 2.38 bits per heavy atom. The maximum atomic E-state index is 6.60. The van der Waals surface area contributed by atoms with Crippen molar-refractivity contribution >= 4 is 61.1 Å². The van der Waals surface area contributed by atoms with Crippen molar-refractivity contribution in [2.75, 3.05) is 0 Å². The molecule has 0 bridgehead atoms. The first kappa shape index (κ1) is 26.0. The van der Waals surface area contributed by atoms with Gasteiger partial charge in [0, 0.05) is 21.6 Å². The Hall–Kier alpha value is -3.21. The molecule has 3 aromatic carbocycles. The predicted octanol–water partition coefficient (Wildman–Crippen LogP) is 9.41. The monoisotopic (exact) mass is 547 g/mol. The second kappa shape index (κ2) is 9.18. The van der Waals surface area contributed by atoms with Crippen LogP contribution in [-0.2, 0) is 5.41 Å². The van der Waals surface area contributed by atoms with E-state index in [-0.39, 0.29) is 5.41 Å². The second-order valence-electron chi connectivity index (χ2n) is 12.8. The molecule has 198 valence electrons. The Morgan fingerprint density at radius 1 is 0.872 bits per heavy atom. The Morgan fingerprint density at radius 2 is 1.64 bits per heavy atom. The molecule has 2 nitrogen and oxygen atoms in total.